The van der Waals surface area contributed by atoms with Gasteiger partial charge in [-0.3, -0.25) is 9.59 Å². The summed E-state index contributed by atoms with van der Waals surface area (Å²) in [5.41, 5.74) is 0. The minimum absolute atomic E-state index is 0.177. The maximum atomic E-state index is 12.9. The van der Waals surface area contributed by atoms with Gasteiger partial charge < -0.3 is 19.7 Å². The Hall–Kier alpha value is -2.64. The van der Waals surface area contributed by atoms with Gasteiger partial charge in [0.15, 0.2) is 13.2 Å². The number of amides is 2. The summed E-state index contributed by atoms with van der Waals surface area (Å²) in [6, 6.07) is 5.28. The van der Waals surface area contributed by atoms with Crippen LogP contribution in [0.2, 0.25) is 0 Å². The number of hydrogen-bond acceptors (Lipinski definition) is 5. The highest BCUT2D eigenvalue weighted by Gasteiger charge is 2.10. The molecular formula is C14H17FN2O5. The van der Waals surface area contributed by atoms with E-state index in [0.29, 0.717) is 0 Å². The van der Waals surface area contributed by atoms with Gasteiger partial charge in [-0.2, -0.15) is 0 Å². The fourth-order valence-corrected chi connectivity index (χ4v) is 1.27. The predicted molar refractivity (Wildman–Crippen MR) is 74.6 cm³/mol. The van der Waals surface area contributed by atoms with Crippen LogP contribution in [0.5, 0.6) is 5.75 Å². The van der Waals surface area contributed by atoms with E-state index >= 15 is 0 Å². The van der Waals surface area contributed by atoms with Crippen LogP contribution < -0.4 is 10.1 Å². The number of benzene rings is 1. The molecule has 1 aromatic rings. The Labute approximate surface area is 127 Å². The molecule has 0 aromatic heterocycles. The fourth-order valence-electron chi connectivity index (χ4n) is 1.27. The van der Waals surface area contributed by atoms with E-state index in [1.807, 2.05) is 0 Å². The molecule has 8 heteroatoms. The molecular weight excluding hydrogens is 295 g/mol. The Morgan fingerprint density at radius 2 is 1.95 bits per heavy atom. The highest BCUT2D eigenvalue weighted by atomic mass is 19.1. The van der Waals surface area contributed by atoms with Gasteiger partial charge in [0, 0.05) is 20.2 Å². The first-order chi connectivity index (χ1) is 10.4. The quantitative estimate of drug-likeness (QED) is 0.714. The SMILES string of the molecule is CN(C)C(=O)CNC(=O)COC(=O)COc1cccc(F)c1. The first-order valence-corrected chi connectivity index (χ1v) is 6.39. The van der Waals surface area contributed by atoms with Crippen molar-refractivity contribution < 1.29 is 28.2 Å². The molecule has 22 heavy (non-hydrogen) atoms. The molecule has 0 saturated heterocycles. The van der Waals surface area contributed by atoms with Crippen molar-refractivity contribution in [2.45, 2.75) is 0 Å². The zero-order chi connectivity index (χ0) is 16.5. The van der Waals surface area contributed by atoms with Crippen molar-refractivity contribution in [3.63, 3.8) is 0 Å². The number of ether oxygens (including phenoxy) is 2. The Kier molecular flexibility index (Phi) is 6.81. The van der Waals surface area contributed by atoms with Crippen LogP contribution in [0, 0.1) is 5.82 Å². The summed E-state index contributed by atoms with van der Waals surface area (Å²) in [6.07, 6.45) is 0. The lowest BCUT2D eigenvalue weighted by Gasteiger charge is -2.11. The Balaban J connectivity index is 2.22. The van der Waals surface area contributed by atoms with E-state index < -0.39 is 30.9 Å². The molecule has 1 N–H and O–H groups in total. The van der Waals surface area contributed by atoms with Gasteiger partial charge in [-0.15, -0.1) is 0 Å². The van der Waals surface area contributed by atoms with Crippen LogP contribution in [0.1, 0.15) is 0 Å². The van der Waals surface area contributed by atoms with Crippen molar-refractivity contribution >= 4 is 17.8 Å². The molecule has 0 bridgehead atoms. The molecule has 0 radical (unpaired) electrons. The number of likely N-dealkylation sites (N-methyl/N-ethyl adjacent to an activating group) is 1. The third-order valence-electron chi connectivity index (χ3n) is 2.45. The molecule has 0 unspecified atom stereocenters. The minimum Gasteiger partial charge on any atom is -0.482 e. The number of nitrogens with zero attached hydrogens (tertiary/aromatic N) is 1. The van der Waals surface area contributed by atoms with Crippen LogP contribution >= 0.6 is 0 Å². The zero-order valence-corrected chi connectivity index (χ0v) is 12.3. The molecule has 0 aliphatic rings. The second-order valence-electron chi connectivity index (χ2n) is 4.47. The summed E-state index contributed by atoms with van der Waals surface area (Å²) < 4.78 is 22.5. The number of nitrogens with one attached hydrogen (secondary N) is 1. The first-order valence-electron chi connectivity index (χ1n) is 6.39. The minimum atomic E-state index is -0.779. The summed E-state index contributed by atoms with van der Waals surface area (Å²) >= 11 is 0. The van der Waals surface area contributed by atoms with Crippen molar-refractivity contribution in [3.05, 3.63) is 30.1 Å². The second-order valence-corrected chi connectivity index (χ2v) is 4.47. The third-order valence-corrected chi connectivity index (χ3v) is 2.45. The lowest BCUT2D eigenvalue weighted by Crippen LogP contribution is -2.38. The largest absolute Gasteiger partial charge is 0.482 e. The molecule has 0 aliphatic heterocycles. The summed E-state index contributed by atoms with van der Waals surface area (Å²) in [4.78, 5) is 35.2. The molecule has 0 aliphatic carbocycles. The van der Waals surface area contributed by atoms with Gasteiger partial charge in [-0.05, 0) is 12.1 Å². The van der Waals surface area contributed by atoms with E-state index in [4.69, 9.17) is 4.74 Å². The Morgan fingerprint density at radius 1 is 1.23 bits per heavy atom. The molecule has 120 valence electrons. The van der Waals surface area contributed by atoms with Crippen molar-refractivity contribution in [2.24, 2.45) is 0 Å². The molecule has 0 fully saturated rings. The average molecular weight is 312 g/mol. The van der Waals surface area contributed by atoms with Crippen LogP contribution in [0.4, 0.5) is 4.39 Å². The zero-order valence-electron chi connectivity index (χ0n) is 12.3. The predicted octanol–water partition coefficient (Wildman–Crippen LogP) is -0.0479. The van der Waals surface area contributed by atoms with Crippen LogP contribution in [0.3, 0.4) is 0 Å². The number of hydrogen-bond donors (Lipinski definition) is 1. The van der Waals surface area contributed by atoms with Crippen LogP contribution in [0.15, 0.2) is 24.3 Å². The van der Waals surface area contributed by atoms with Gasteiger partial charge in [0.2, 0.25) is 5.91 Å². The standard InChI is InChI=1S/C14H17FN2O5/c1-17(2)13(19)7-16-12(18)8-22-14(20)9-21-11-5-3-4-10(15)6-11/h3-6H,7-9H2,1-2H3,(H,16,18). The van der Waals surface area contributed by atoms with Gasteiger partial charge in [0.1, 0.15) is 11.6 Å². The van der Waals surface area contributed by atoms with E-state index in [-0.39, 0.29) is 18.2 Å². The van der Waals surface area contributed by atoms with Crippen molar-refractivity contribution in [1.29, 1.82) is 0 Å². The molecule has 1 rings (SSSR count). The summed E-state index contributed by atoms with van der Waals surface area (Å²) in [7, 11) is 3.11. The molecule has 0 spiro atoms. The fraction of sp³-hybridized carbons (Fsp3) is 0.357. The van der Waals surface area contributed by atoms with E-state index in [2.05, 4.69) is 10.1 Å². The van der Waals surface area contributed by atoms with Crippen molar-refractivity contribution in [3.8, 4) is 5.75 Å². The number of rotatable bonds is 7. The number of esters is 1. The van der Waals surface area contributed by atoms with E-state index in [9.17, 15) is 18.8 Å². The van der Waals surface area contributed by atoms with Crippen LogP contribution in [-0.4, -0.2) is 56.5 Å². The summed E-state index contributed by atoms with van der Waals surface area (Å²) in [6.45, 7) is -1.15. The van der Waals surface area contributed by atoms with E-state index in [0.717, 1.165) is 6.07 Å². The van der Waals surface area contributed by atoms with E-state index in [1.54, 1.807) is 14.1 Å². The monoisotopic (exact) mass is 312 g/mol. The average Bonchev–Trinajstić information content (AvgIpc) is 2.48. The van der Waals surface area contributed by atoms with Gasteiger partial charge in [0.05, 0.1) is 6.54 Å². The maximum absolute atomic E-state index is 12.9. The lowest BCUT2D eigenvalue weighted by molar-refractivity contribution is -0.150. The van der Waals surface area contributed by atoms with Crippen LogP contribution in [0.25, 0.3) is 0 Å². The summed E-state index contributed by atoms with van der Waals surface area (Å²) in [5.74, 6) is -1.98. The highest BCUT2D eigenvalue weighted by Crippen LogP contribution is 2.11. The smallest absolute Gasteiger partial charge is 0.344 e. The maximum Gasteiger partial charge on any atom is 0.344 e. The van der Waals surface area contributed by atoms with Gasteiger partial charge >= 0.3 is 5.97 Å². The molecule has 0 saturated carbocycles. The van der Waals surface area contributed by atoms with Crippen LogP contribution in [-0.2, 0) is 19.1 Å². The van der Waals surface area contributed by atoms with Gasteiger partial charge in [-0.1, -0.05) is 6.07 Å². The molecule has 7 nitrogen and oxygen atoms in total. The van der Waals surface area contributed by atoms with Crippen molar-refractivity contribution in [1.82, 2.24) is 10.2 Å². The van der Waals surface area contributed by atoms with E-state index in [1.165, 1.54) is 23.1 Å². The molecule has 0 heterocycles. The number of halogens is 1. The lowest BCUT2D eigenvalue weighted by atomic mass is 10.3. The van der Waals surface area contributed by atoms with Gasteiger partial charge in [0.25, 0.3) is 5.91 Å². The topological polar surface area (TPSA) is 84.9 Å². The second kappa shape index (κ2) is 8.60. The first kappa shape index (κ1) is 17.4. The number of carbonyl (C=O) groups excluding carboxylic acids is 3. The molecule has 1 aromatic carbocycles. The normalized spacial score (nSPS) is 9.77. The third kappa shape index (κ3) is 6.69. The van der Waals surface area contributed by atoms with Gasteiger partial charge in [-0.25, -0.2) is 9.18 Å². The Bertz CT molecular complexity index is 548. The van der Waals surface area contributed by atoms with Crippen molar-refractivity contribution in [2.75, 3.05) is 33.9 Å². The highest BCUT2D eigenvalue weighted by molar-refractivity contribution is 5.86. The number of carbonyl (C=O) groups is 3. The molecule has 2 amide bonds. The summed E-state index contributed by atoms with van der Waals surface area (Å²) in [5, 5.41) is 2.30. The molecule has 0 atom stereocenters. The Morgan fingerprint density at radius 3 is 2.59 bits per heavy atom.